The summed E-state index contributed by atoms with van der Waals surface area (Å²) in [5, 5.41) is 0. The van der Waals surface area contributed by atoms with Crippen molar-refractivity contribution in [1.29, 1.82) is 0 Å². The van der Waals surface area contributed by atoms with Crippen LogP contribution in [-0.2, 0) is 66.0 Å². The number of rotatable bonds is 6. The van der Waals surface area contributed by atoms with E-state index < -0.39 is 5.89 Å². The van der Waals surface area contributed by atoms with Crippen LogP contribution in [0.4, 0.5) is 0 Å². The maximum Gasteiger partial charge on any atom is 0.212 e. The molecule has 6 aromatic carbocycles. The van der Waals surface area contributed by atoms with E-state index in [2.05, 4.69) is 372 Å². The van der Waals surface area contributed by atoms with E-state index in [0.29, 0.717) is 16.7 Å². The summed E-state index contributed by atoms with van der Waals surface area (Å²) in [5.74, 6) is 4.53. The van der Waals surface area contributed by atoms with Gasteiger partial charge in [-0.15, -0.1) is 0 Å². The van der Waals surface area contributed by atoms with E-state index in [9.17, 15) is 1.37 Å². The average molecular weight is 1590 g/mol. The standard InChI is InChI=1S/2C21H26N.4C18H20N/c2*1-14-8-6-7-9-15(14)19-12-16-17-10-11-21(4,20(17,2)3)18(16)13-22(19)5;2*1-12-5-3-4-6-16(12)18-10-17-14-7-13(8-14)9-15(17)11-19(18)2;2*1-12-5-3-4-6-15(12)18-10-16-13-7-8-14(9-13)17(16)11-19(18)2/h2*6-9,12-13,17H,10-11H2,1-5H3;4*3-6,10-11,13-14H,7-9H2,1-2H3/q6*+1/i17D;;14D;;13D;. The largest absolute Gasteiger partial charge is 0.212 e. The maximum absolute atomic E-state index is 9.25. The summed E-state index contributed by atoms with van der Waals surface area (Å²) in [7, 11) is 13.0. The van der Waals surface area contributed by atoms with Crippen LogP contribution in [-0.4, -0.2) is 0 Å². The molecule has 6 heteroatoms. The Hall–Kier alpha value is -9.78. The Morgan fingerprint density at radius 1 is 0.283 bits per heavy atom. The molecular formula is C114H132N6+6. The first-order chi connectivity index (χ1) is 58.7. The van der Waals surface area contributed by atoms with Gasteiger partial charge in [-0.3, -0.25) is 0 Å². The second-order valence-electron chi connectivity index (χ2n) is 40.6. The Morgan fingerprint density at radius 3 is 1.08 bits per heavy atom. The summed E-state index contributed by atoms with van der Waals surface area (Å²) in [5.41, 5.74) is 42.2. The minimum absolute atomic E-state index is 0.0142. The number of aromatic nitrogens is 6. The van der Waals surface area contributed by atoms with Gasteiger partial charge in [-0.05, 0) is 317 Å². The third-order valence-corrected chi connectivity index (χ3v) is 33.2. The van der Waals surface area contributed by atoms with Gasteiger partial charge in [0.15, 0.2) is 37.2 Å². The number of fused-ring (bicyclic) bond motifs is 20. The first-order valence-corrected chi connectivity index (χ1v) is 45.8. The molecule has 14 aliphatic rings. The van der Waals surface area contributed by atoms with Crippen molar-refractivity contribution in [3.63, 3.8) is 0 Å². The molecule has 26 rings (SSSR count). The van der Waals surface area contributed by atoms with E-state index in [4.69, 9.17) is 2.74 Å². The van der Waals surface area contributed by atoms with Crippen molar-refractivity contribution in [2.75, 3.05) is 0 Å². The lowest BCUT2D eigenvalue weighted by Gasteiger charge is -2.41. The van der Waals surface area contributed by atoms with Gasteiger partial charge < -0.3 is 0 Å². The van der Waals surface area contributed by atoms with E-state index >= 15 is 0 Å². The third kappa shape index (κ3) is 13.4. The molecule has 0 spiro atoms. The fraction of sp³-hybridized carbons (Fsp3) is 0.421. The molecule has 0 radical (unpaired) electrons. The summed E-state index contributed by atoms with van der Waals surface area (Å²) in [4.78, 5) is 0. The molecule has 612 valence electrons. The molecule has 0 N–H and O–H groups in total. The monoisotopic (exact) mass is 1590 g/mol. The predicted molar refractivity (Wildman–Crippen MR) is 490 cm³/mol. The van der Waals surface area contributed by atoms with Gasteiger partial charge >= 0.3 is 0 Å². The van der Waals surface area contributed by atoms with Crippen molar-refractivity contribution < 1.29 is 31.5 Å². The highest BCUT2D eigenvalue weighted by molar-refractivity contribution is 5.69. The van der Waals surface area contributed by atoms with E-state index in [0.717, 1.165) is 80.5 Å². The van der Waals surface area contributed by atoms with Crippen molar-refractivity contribution in [1.82, 2.24) is 0 Å². The smallest absolute Gasteiger partial charge is 0.201 e. The van der Waals surface area contributed by atoms with E-state index in [1.165, 1.54) is 192 Å². The fourth-order valence-corrected chi connectivity index (χ4v) is 25.2. The van der Waals surface area contributed by atoms with E-state index in [1.807, 2.05) is 0 Å². The average Bonchev–Trinajstić information content (AvgIpc) is 1.51. The van der Waals surface area contributed by atoms with Gasteiger partial charge in [0, 0.05) is 118 Å². The Kier molecular flexibility index (Phi) is 19.5. The van der Waals surface area contributed by atoms with Crippen molar-refractivity contribution in [2.45, 2.75) is 244 Å². The summed E-state index contributed by atoms with van der Waals surface area (Å²) < 4.78 is 40.3. The minimum Gasteiger partial charge on any atom is -0.201 e. The minimum atomic E-state index is -0.456. The first kappa shape index (κ1) is 76.4. The zero-order valence-corrected chi connectivity index (χ0v) is 75.3. The molecule has 0 aliphatic heterocycles. The number of hydrogen-bond acceptors (Lipinski definition) is 0. The van der Waals surface area contributed by atoms with Crippen LogP contribution in [0, 0.1) is 64.2 Å². The van der Waals surface area contributed by atoms with Gasteiger partial charge in [0.05, 0.1) is 0 Å². The van der Waals surface area contributed by atoms with Crippen molar-refractivity contribution in [3.8, 4) is 67.5 Å². The lowest BCUT2D eigenvalue weighted by atomic mass is 9.63. The first-order valence-electron chi connectivity index (χ1n) is 47.3. The molecule has 0 amide bonds. The molecule has 6 fully saturated rings. The predicted octanol–water partition coefficient (Wildman–Crippen LogP) is 24.1. The second kappa shape index (κ2) is 30.7. The van der Waals surface area contributed by atoms with Gasteiger partial charge in [-0.25, -0.2) is 27.4 Å². The Bertz CT molecular complexity index is 6150. The highest BCUT2D eigenvalue weighted by Crippen LogP contribution is 2.69. The maximum atomic E-state index is 9.25. The van der Waals surface area contributed by atoms with Crippen LogP contribution in [0.2, 0.25) is 0 Å². The topological polar surface area (TPSA) is 23.3 Å². The lowest BCUT2D eigenvalue weighted by Crippen LogP contribution is -2.37. The van der Waals surface area contributed by atoms with Gasteiger partial charge in [0.2, 0.25) is 34.2 Å². The number of aryl methyl sites for hydroxylation is 12. The molecule has 6 heterocycles. The zero-order valence-electron chi connectivity index (χ0n) is 78.3. The van der Waals surface area contributed by atoms with Crippen molar-refractivity contribution >= 4 is 0 Å². The summed E-state index contributed by atoms with van der Waals surface area (Å²) >= 11 is 0. The van der Waals surface area contributed by atoms with Crippen LogP contribution in [0.3, 0.4) is 0 Å². The molecule has 12 aromatic rings. The SMILES string of the molecule is Cc1ccccc1-c1cc2c(c[n+]1C)C1(C)CCC2C1(C)C.Cc1ccccc1-c1cc2c(c[n+]1C)C1CCC2C1.Cc1ccccc1-c1cc2c(c[n+]1C)CC1CC2C1.[2H]C12CC(Cc3c[n+](C)c(-c4ccccc4C)cc31)C2.[2H]C12CCC(C)(c3c[n+](C)c(-c4ccccc4C)cc31)C2(C)C.[2H]C12CCC(C1)c1c[n+](C)c(-c3ccccc3C)cc12. The van der Waals surface area contributed by atoms with E-state index in [-0.39, 0.29) is 22.6 Å². The number of benzene rings is 6. The molecule has 6 saturated carbocycles. The highest BCUT2D eigenvalue weighted by atomic mass is 15.0. The van der Waals surface area contributed by atoms with E-state index in [1.54, 1.807) is 33.4 Å². The van der Waals surface area contributed by atoms with Crippen molar-refractivity contribution in [3.05, 3.63) is 319 Å². The molecule has 8 atom stereocenters. The lowest BCUT2D eigenvalue weighted by molar-refractivity contribution is -0.661. The highest BCUT2D eigenvalue weighted by Gasteiger charge is 2.62. The Labute approximate surface area is 722 Å². The van der Waals surface area contributed by atoms with Gasteiger partial charge in [-0.2, -0.15) is 0 Å². The van der Waals surface area contributed by atoms with Crippen LogP contribution in [0.5, 0.6) is 0 Å². The second-order valence-corrected chi connectivity index (χ2v) is 40.6. The van der Waals surface area contributed by atoms with Crippen LogP contribution in [0.25, 0.3) is 67.5 Å². The molecule has 6 nitrogen and oxygen atoms in total. The molecule has 14 aliphatic carbocycles. The quantitative estimate of drug-likeness (QED) is 0.148. The van der Waals surface area contributed by atoms with Crippen molar-refractivity contribution in [2.24, 2.45) is 65.0 Å². The molecule has 120 heavy (non-hydrogen) atoms. The molecule has 8 unspecified atom stereocenters. The molecule has 6 aromatic heterocycles. The summed E-state index contributed by atoms with van der Waals surface area (Å²) in [6, 6.07) is 66.0. The number of pyridine rings is 6. The third-order valence-electron chi connectivity index (χ3n) is 33.2. The van der Waals surface area contributed by atoms with Crippen LogP contribution in [0.15, 0.2) is 219 Å². The van der Waals surface area contributed by atoms with Crippen LogP contribution >= 0.6 is 0 Å². The van der Waals surface area contributed by atoms with Gasteiger partial charge in [0.1, 0.15) is 42.3 Å². The summed E-state index contributed by atoms with van der Waals surface area (Å²) in [6.45, 7) is 27.5. The molecule has 12 bridgehead atoms. The molecule has 0 saturated heterocycles. The fourth-order valence-electron chi connectivity index (χ4n) is 25.2. The normalized spacial score (nSPS) is 27.4. The zero-order chi connectivity index (χ0) is 86.1. The number of hydrogen-bond donors (Lipinski definition) is 0. The Morgan fingerprint density at radius 2 is 0.617 bits per heavy atom. The summed E-state index contributed by atoms with van der Waals surface area (Å²) in [6.07, 6.45) is 33.7. The molecular weight excluding hydrogens is 1450 g/mol. The Balaban J connectivity index is 0.0000000971. The number of nitrogens with zero attached hydrogens (tertiary/aromatic N) is 6. The van der Waals surface area contributed by atoms with Gasteiger partial charge in [0.25, 0.3) is 0 Å². The van der Waals surface area contributed by atoms with Gasteiger partial charge in [-0.1, -0.05) is 151 Å². The van der Waals surface area contributed by atoms with Crippen LogP contribution in [0.1, 0.15) is 283 Å². The van der Waals surface area contributed by atoms with Crippen LogP contribution < -0.4 is 27.4 Å².